The summed E-state index contributed by atoms with van der Waals surface area (Å²) in [6.07, 6.45) is 0. The van der Waals surface area contributed by atoms with E-state index in [9.17, 15) is 0 Å². The molecular formula is C64H42N6S. The zero-order valence-corrected chi connectivity index (χ0v) is 39.7. The van der Waals surface area contributed by atoms with Crippen LogP contribution in [0.2, 0.25) is 0 Å². The molecule has 4 aromatic heterocycles. The summed E-state index contributed by atoms with van der Waals surface area (Å²) < 4.78 is 4.67. The van der Waals surface area contributed by atoms with Gasteiger partial charge in [0.15, 0.2) is 23.3 Å². The molecule has 0 saturated heterocycles. The van der Waals surface area contributed by atoms with Gasteiger partial charge in [0.2, 0.25) is 0 Å². The molecule has 1 aliphatic carbocycles. The lowest BCUT2D eigenvalue weighted by Gasteiger charge is -2.21. The molecule has 7 heteroatoms. The molecule has 0 amide bonds. The number of thiophene rings is 1. The van der Waals surface area contributed by atoms with Crippen molar-refractivity contribution >= 4 is 53.4 Å². The van der Waals surface area contributed by atoms with Gasteiger partial charge in [-0.25, -0.2) is 24.9 Å². The van der Waals surface area contributed by atoms with Crippen molar-refractivity contribution < 1.29 is 0 Å². The van der Waals surface area contributed by atoms with E-state index in [1.165, 1.54) is 43.3 Å². The van der Waals surface area contributed by atoms with Crippen molar-refractivity contribution in [3.63, 3.8) is 0 Å². The zero-order chi connectivity index (χ0) is 47.2. The van der Waals surface area contributed by atoms with Crippen LogP contribution in [-0.2, 0) is 5.41 Å². The van der Waals surface area contributed by atoms with Gasteiger partial charge >= 0.3 is 0 Å². The number of nitrogens with zero attached hydrogens (tertiary/aromatic N) is 6. The van der Waals surface area contributed by atoms with Crippen molar-refractivity contribution in [1.29, 1.82) is 0 Å². The lowest BCUT2D eigenvalue weighted by molar-refractivity contribution is 0.661. The lowest BCUT2D eigenvalue weighted by Crippen LogP contribution is -2.14. The number of para-hydroxylation sites is 1. The lowest BCUT2D eigenvalue weighted by atomic mass is 9.82. The van der Waals surface area contributed by atoms with Crippen LogP contribution in [0.4, 0.5) is 0 Å². The molecule has 334 valence electrons. The molecule has 0 spiro atoms. The van der Waals surface area contributed by atoms with Gasteiger partial charge in [0.1, 0.15) is 0 Å². The summed E-state index contributed by atoms with van der Waals surface area (Å²) in [4.78, 5) is 26.9. The molecule has 14 rings (SSSR count). The number of fused-ring (bicyclic) bond motifs is 10. The van der Waals surface area contributed by atoms with E-state index in [4.69, 9.17) is 24.9 Å². The Morgan fingerprint density at radius 3 is 1.69 bits per heavy atom. The van der Waals surface area contributed by atoms with Crippen LogP contribution in [0.15, 0.2) is 218 Å². The first-order valence-electron chi connectivity index (χ1n) is 24.0. The summed E-state index contributed by atoms with van der Waals surface area (Å²) in [6.45, 7) is 4.69. The van der Waals surface area contributed by atoms with E-state index in [2.05, 4.69) is 200 Å². The fourth-order valence-electron chi connectivity index (χ4n) is 10.8. The van der Waals surface area contributed by atoms with Crippen LogP contribution in [0.1, 0.15) is 25.0 Å². The number of aromatic nitrogens is 6. The number of benzene rings is 9. The highest BCUT2D eigenvalue weighted by atomic mass is 32.1. The molecule has 9 aromatic carbocycles. The van der Waals surface area contributed by atoms with E-state index >= 15 is 0 Å². The average Bonchev–Trinajstić information content (AvgIpc) is 4.06. The maximum Gasteiger partial charge on any atom is 0.166 e. The summed E-state index contributed by atoms with van der Waals surface area (Å²) in [5, 5.41) is 3.47. The minimum atomic E-state index is -0.196. The Kier molecular flexibility index (Phi) is 9.31. The fraction of sp³-hybridized carbons (Fsp3) is 0.0469. The van der Waals surface area contributed by atoms with Crippen molar-refractivity contribution in [3.8, 4) is 84.7 Å². The van der Waals surface area contributed by atoms with Gasteiger partial charge in [-0.2, -0.15) is 0 Å². The van der Waals surface area contributed by atoms with Crippen molar-refractivity contribution in [2.75, 3.05) is 0 Å². The van der Waals surface area contributed by atoms with Crippen LogP contribution in [0.3, 0.4) is 0 Å². The molecule has 6 nitrogen and oxygen atoms in total. The SMILES string of the molecule is CC1(C)c2ccccc2-c2c1ccc1c3ccccc3n(-c3ccc(-c4nc(-c5ccc(-c6ccccc6)cc5)c5sc6ccccc6c5n4)cc3-c3nc(-c4ccccc4)nc(-c4ccccc4)n3)c21. The van der Waals surface area contributed by atoms with Crippen LogP contribution >= 0.6 is 11.3 Å². The number of hydrogen-bond acceptors (Lipinski definition) is 6. The molecule has 0 unspecified atom stereocenters. The van der Waals surface area contributed by atoms with Gasteiger partial charge in [0.25, 0.3) is 0 Å². The normalized spacial score (nSPS) is 12.8. The van der Waals surface area contributed by atoms with Crippen LogP contribution in [0.5, 0.6) is 0 Å². The summed E-state index contributed by atoms with van der Waals surface area (Å²) in [5.74, 6) is 2.35. The number of hydrogen-bond donors (Lipinski definition) is 0. The van der Waals surface area contributed by atoms with E-state index < -0.39 is 0 Å². The average molecular weight is 927 g/mol. The van der Waals surface area contributed by atoms with Gasteiger partial charge < -0.3 is 4.57 Å². The third-order valence-electron chi connectivity index (χ3n) is 14.3. The molecule has 0 aliphatic heterocycles. The van der Waals surface area contributed by atoms with Crippen molar-refractivity contribution in [2.45, 2.75) is 19.3 Å². The fourth-order valence-corrected chi connectivity index (χ4v) is 12.0. The first kappa shape index (κ1) is 41.1. The third kappa shape index (κ3) is 6.58. The van der Waals surface area contributed by atoms with E-state index in [-0.39, 0.29) is 5.41 Å². The number of rotatable bonds is 7. The molecule has 4 heterocycles. The van der Waals surface area contributed by atoms with E-state index in [0.717, 1.165) is 71.4 Å². The summed E-state index contributed by atoms with van der Waals surface area (Å²) in [7, 11) is 0. The van der Waals surface area contributed by atoms with Crippen LogP contribution < -0.4 is 0 Å². The maximum absolute atomic E-state index is 5.52. The minimum Gasteiger partial charge on any atom is -0.308 e. The van der Waals surface area contributed by atoms with Crippen LogP contribution in [0, 0.1) is 0 Å². The smallest absolute Gasteiger partial charge is 0.166 e. The predicted octanol–water partition coefficient (Wildman–Crippen LogP) is 16.4. The Balaban J connectivity index is 1.07. The van der Waals surface area contributed by atoms with Gasteiger partial charge in [-0.3, -0.25) is 0 Å². The van der Waals surface area contributed by atoms with Crippen LogP contribution in [-0.4, -0.2) is 29.5 Å². The van der Waals surface area contributed by atoms with Gasteiger partial charge in [-0.15, -0.1) is 11.3 Å². The Hall–Kier alpha value is -8.91. The van der Waals surface area contributed by atoms with Gasteiger partial charge in [0.05, 0.1) is 32.6 Å². The minimum absolute atomic E-state index is 0.196. The monoisotopic (exact) mass is 926 g/mol. The molecular weight excluding hydrogens is 885 g/mol. The van der Waals surface area contributed by atoms with E-state index in [0.29, 0.717) is 23.3 Å². The highest BCUT2D eigenvalue weighted by Crippen LogP contribution is 2.53. The second-order valence-electron chi connectivity index (χ2n) is 18.8. The highest BCUT2D eigenvalue weighted by Gasteiger charge is 2.38. The Morgan fingerprint density at radius 2 is 0.958 bits per heavy atom. The molecule has 0 fully saturated rings. The molecule has 1 aliphatic rings. The molecule has 0 bridgehead atoms. The molecule has 13 aromatic rings. The van der Waals surface area contributed by atoms with Gasteiger partial charge in [-0.1, -0.05) is 202 Å². The summed E-state index contributed by atoms with van der Waals surface area (Å²) >= 11 is 1.74. The quantitative estimate of drug-likeness (QED) is 0.159. The van der Waals surface area contributed by atoms with Gasteiger partial charge in [-0.05, 0) is 58.1 Å². The first-order valence-corrected chi connectivity index (χ1v) is 24.8. The van der Waals surface area contributed by atoms with Gasteiger partial charge in [0, 0.05) is 59.7 Å². The Labute approximate surface area is 414 Å². The molecule has 71 heavy (non-hydrogen) atoms. The second kappa shape index (κ2) is 16.1. The predicted molar refractivity (Wildman–Crippen MR) is 293 cm³/mol. The molecule has 0 saturated carbocycles. The van der Waals surface area contributed by atoms with Crippen molar-refractivity contribution in [3.05, 3.63) is 230 Å². The van der Waals surface area contributed by atoms with E-state index in [1.54, 1.807) is 11.3 Å². The molecule has 0 N–H and O–H groups in total. The largest absolute Gasteiger partial charge is 0.308 e. The summed E-state index contributed by atoms with van der Waals surface area (Å²) in [5.41, 5.74) is 16.8. The second-order valence-corrected chi connectivity index (χ2v) is 19.8. The third-order valence-corrected chi connectivity index (χ3v) is 15.5. The molecule has 0 radical (unpaired) electrons. The topological polar surface area (TPSA) is 69.4 Å². The summed E-state index contributed by atoms with van der Waals surface area (Å²) in [6, 6.07) is 77.1. The maximum atomic E-state index is 5.52. The Morgan fingerprint density at radius 1 is 0.394 bits per heavy atom. The Bertz CT molecular complexity index is 4180. The first-order chi connectivity index (χ1) is 35.0. The standard InChI is InChI=1S/C64H42N6S/c1-64(2)50-27-15-12-25-47(50)55-51(64)36-35-46-45-24-13-16-28-52(45)70(58(46)55)53-37-34-44(38-49(53)63-68-60(42-20-8-4-9-21-42)67-61(69-63)43-22-10-5-11-23-43)62-65-56(59-57(66-62)48-26-14-17-29-54(48)71-59)41-32-30-40(31-33-41)39-18-6-3-7-19-39/h3-38H,1-2H3. The van der Waals surface area contributed by atoms with E-state index in [1.807, 2.05) is 36.4 Å². The zero-order valence-electron chi connectivity index (χ0n) is 38.9. The van der Waals surface area contributed by atoms with Crippen molar-refractivity contribution in [2.24, 2.45) is 0 Å². The molecule has 0 atom stereocenters. The highest BCUT2D eigenvalue weighted by molar-refractivity contribution is 7.26. The van der Waals surface area contributed by atoms with Crippen LogP contribution in [0.25, 0.3) is 127 Å². The van der Waals surface area contributed by atoms with Crippen molar-refractivity contribution in [1.82, 2.24) is 29.5 Å².